The van der Waals surface area contributed by atoms with Gasteiger partial charge in [-0.1, -0.05) is 85.9 Å². The zero-order valence-corrected chi connectivity index (χ0v) is 24.8. The summed E-state index contributed by atoms with van der Waals surface area (Å²) in [7, 11) is 0. The Kier molecular flexibility index (Phi) is 12.0. The van der Waals surface area contributed by atoms with Crippen molar-refractivity contribution in [2.45, 2.75) is 52.1 Å². The number of benzene rings is 3. The molecule has 0 fully saturated rings. The van der Waals surface area contributed by atoms with Crippen LogP contribution in [0.25, 0.3) is 0 Å². The number of hydrogen-bond acceptors (Lipinski definition) is 3. The lowest BCUT2D eigenvalue weighted by molar-refractivity contribution is -0.142. The van der Waals surface area contributed by atoms with Crippen LogP contribution in [0.15, 0.2) is 71.2 Å². The standard InChI is InChI=1S/C30H33BrCl2N2O3/c1-3-5-16-34-30(37)27(18-22-10-7-6-8-11-22)35(19-23-25(32)12-9-13-26(23)33)29(36)20-38-28-15-14-21(4-2)17-24(28)31/h6-15,17,27H,3-5,16,18-20H2,1-2H3,(H,34,37)/t27-/m1/s1. The molecule has 1 N–H and O–H groups in total. The average molecular weight is 620 g/mol. The molecule has 0 bridgehead atoms. The molecule has 5 nitrogen and oxygen atoms in total. The maximum absolute atomic E-state index is 13.8. The van der Waals surface area contributed by atoms with E-state index in [0.717, 1.165) is 34.9 Å². The molecule has 3 aromatic rings. The molecule has 0 aliphatic heterocycles. The van der Waals surface area contributed by atoms with Gasteiger partial charge < -0.3 is 15.0 Å². The number of nitrogens with zero attached hydrogens (tertiary/aromatic N) is 1. The summed E-state index contributed by atoms with van der Waals surface area (Å²) >= 11 is 16.5. The van der Waals surface area contributed by atoms with Crippen LogP contribution >= 0.6 is 39.1 Å². The van der Waals surface area contributed by atoms with Gasteiger partial charge in [-0.15, -0.1) is 0 Å². The second-order valence-electron chi connectivity index (χ2n) is 8.98. The quantitative estimate of drug-likeness (QED) is 0.205. The van der Waals surface area contributed by atoms with E-state index in [-0.39, 0.29) is 25.0 Å². The third kappa shape index (κ3) is 8.48. The predicted octanol–water partition coefficient (Wildman–Crippen LogP) is 7.25. The van der Waals surface area contributed by atoms with Crippen LogP contribution in [-0.2, 0) is 29.0 Å². The van der Waals surface area contributed by atoms with Gasteiger partial charge in [0.2, 0.25) is 5.91 Å². The Morgan fingerprint density at radius 2 is 1.68 bits per heavy atom. The molecular weight excluding hydrogens is 587 g/mol. The number of rotatable bonds is 13. The van der Waals surface area contributed by atoms with Gasteiger partial charge in [-0.3, -0.25) is 9.59 Å². The van der Waals surface area contributed by atoms with Crippen LogP contribution < -0.4 is 10.1 Å². The second-order valence-corrected chi connectivity index (χ2v) is 10.6. The largest absolute Gasteiger partial charge is 0.483 e. The fourth-order valence-electron chi connectivity index (χ4n) is 4.02. The van der Waals surface area contributed by atoms with Gasteiger partial charge >= 0.3 is 0 Å². The van der Waals surface area contributed by atoms with Crippen molar-refractivity contribution in [2.24, 2.45) is 0 Å². The van der Waals surface area contributed by atoms with E-state index in [1.165, 1.54) is 4.90 Å². The molecule has 2 amide bonds. The lowest BCUT2D eigenvalue weighted by Gasteiger charge is -2.32. The van der Waals surface area contributed by atoms with E-state index in [4.69, 9.17) is 27.9 Å². The van der Waals surface area contributed by atoms with E-state index >= 15 is 0 Å². The number of halogens is 3. The van der Waals surface area contributed by atoms with Crippen LogP contribution in [0.4, 0.5) is 0 Å². The van der Waals surface area contributed by atoms with Crippen LogP contribution in [0.2, 0.25) is 10.0 Å². The lowest BCUT2D eigenvalue weighted by atomic mass is 10.0. The summed E-state index contributed by atoms with van der Waals surface area (Å²) in [4.78, 5) is 28.8. The normalized spacial score (nSPS) is 11.6. The minimum absolute atomic E-state index is 0.0648. The smallest absolute Gasteiger partial charge is 0.261 e. The second kappa shape index (κ2) is 15.2. The molecule has 0 spiro atoms. The molecule has 0 heterocycles. The zero-order chi connectivity index (χ0) is 27.5. The fraction of sp³-hybridized carbons (Fsp3) is 0.333. The van der Waals surface area contributed by atoms with Crippen molar-refractivity contribution in [1.82, 2.24) is 10.2 Å². The van der Waals surface area contributed by atoms with Gasteiger partial charge in [0, 0.05) is 35.1 Å². The van der Waals surface area contributed by atoms with E-state index in [0.29, 0.717) is 34.3 Å². The molecule has 38 heavy (non-hydrogen) atoms. The minimum atomic E-state index is -0.788. The minimum Gasteiger partial charge on any atom is -0.483 e. The van der Waals surface area contributed by atoms with Gasteiger partial charge in [0.05, 0.1) is 4.47 Å². The summed E-state index contributed by atoms with van der Waals surface area (Å²) in [5.41, 5.74) is 2.67. The molecule has 0 unspecified atom stereocenters. The average Bonchev–Trinajstić information content (AvgIpc) is 2.91. The Balaban J connectivity index is 1.94. The molecule has 0 radical (unpaired) electrons. The first kappa shape index (κ1) is 30.0. The summed E-state index contributed by atoms with van der Waals surface area (Å²) in [6, 6.07) is 19.8. The monoisotopic (exact) mass is 618 g/mol. The summed E-state index contributed by atoms with van der Waals surface area (Å²) in [6.45, 7) is 4.48. The highest BCUT2D eigenvalue weighted by Gasteiger charge is 2.31. The number of nitrogens with one attached hydrogen (secondary N) is 1. The van der Waals surface area contributed by atoms with E-state index in [1.54, 1.807) is 18.2 Å². The van der Waals surface area contributed by atoms with Crippen LogP contribution in [0.3, 0.4) is 0 Å². The molecular formula is C30H33BrCl2N2O3. The van der Waals surface area contributed by atoms with Crippen molar-refractivity contribution in [3.63, 3.8) is 0 Å². The van der Waals surface area contributed by atoms with Crippen molar-refractivity contribution >= 4 is 50.9 Å². The highest BCUT2D eigenvalue weighted by Crippen LogP contribution is 2.29. The predicted molar refractivity (Wildman–Crippen MR) is 158 cm³/mol. The Morgan fingerprint density at radius 3 is 2.32 bits per heavy atom. The summed E-state index contributed by atoms with van der Waals surface area (Å²) < 4.78 is 6.69. The van der Waals surface area contributed by atoms with Gasteiger partial charge in [-0.2, -0.15) is 0 Å². The van der Waals surface area contributed by atoms with E-state index in [1.807, 2.05) is 48.5 Å². The maximum Gasteiger partial charge on any atom is 0.261 e. The van der Waals surface area contributed by atoms with Crippen LogP contribution in [0, 0.1) is 0 Å². The number of carbonyl (C=O) groups excluding carboxylic acids is 2. The molecule has 0 saturated carbocycles. The Labute approximate surface area is 243 Å². The van der Waals surface area contributed by atoms with E-state index in [2.05, 4.69) is 35.1 Å². The highest BCUT2D eigenvalue weighted by molar-refractivity contribution is 9.10. The zero-order valence-electron chi connectivity index (χ0n) is 21.7. The molecule has 202 valence electrons. The first-order valence-electron chi connectivity index (χ1n) is 12.8. The molecule has 3 aromatic carbocycles. The molecule has 0 saturated heterocycles. The van der Waals surface area contributed by atoms with Crippen molar-refractivity contribution in [1.29, 1.82) is 0 Å². The Hall–Kier alpha value is -2.54. The van der Waals surface area contributed by atoms with Gasteiger partial charge in [-0.05, 0) is 64.2 Å². The van der Waals surface area contributed by atoms with Crippen molar-refractivity contribution in [3.05, 3.63) is 97.9 Å². The fourth-order valence-corrected chi connectivity index (χ4v) is 5.08. The van der Waals surface area contributed by atoms with Crippen LogP contribution in [0.5, 0.6) is 5.75 Å². The van der Waals surface area contributed by atoms with E-state index < -0.39 is 6.04 Å². The summed E-state index contributed by atoms with van der Waals surface area (Å²) in [5.74, 6) is -0.0235. The maximum atomic E-state index is 13.8. The highest BCUT2D eigenvalue weighted by atomic mass is 79.9. The molecule has 1 atom stereocenters. The topological polar surface area (TPSA) is 58.6 Å². The molecule has 0 aliphatic rings. The molecule has 3 rings (SSSR count). The first-order valence-corrected chi connectivity index (χ1v) is 14.3. The van der Waals surface area contributed by atoms with Gasteiger partial charge in [0.25, 0.3) is 5.91 Å². The Bertz CT molecular complexity index is 1200. The number of aryl methyl sites for hydroxylation is 1. The summed E-state index contributed by atoms with van der Waals surface area (Å²) in [5, 5.41) is 3.86. The van der Waals surface area contributed by atoms with Crippen LogP contribution in [0.1, 0.15) is 43.4 Å². The number of amides is 2. The molecule has 0 aliphatic carbocycles. The van der Waals surface area contributed by atoms with E-state index in [9.17, 15) is 9.59 Å². The van der Waals surface area contributed by atoms with Crippen molar-refractivity contribution < 1.29 is 14.3 Å². The number of ether oxygens (including phenoxy) is 1. The molecule has 8 heteroatoms. The lowest BCUT2D eigenvalue weighted by Crippen LogP contribution is -2.52. The SMILES string of the molecule is CCCCNC(=O)[C@@H](Cc1ccccc1)N(Cc1c(Cl)cccc1Cl)C(=O)COc1ccc(CC)cc1Br. The van der Waals surface area contributed by atoms with Gasteiger partial charge in [0.1, 0.15) is 11.8 Å². The first-order chi connectivity index (χ1) is 18.3. The van der Waals surface area contributed by atoms with Gasteiger partial charge in [0.15, 0.2) is 6.61 Å². The van der Waals surface area contributed by atoms with Gasteiger partial charge in [-0.25, -0.2) is 0 Å². The number of unbranched alkanes of at least 4 members (excludes halogenated alkanes) is 1. The third-order valence-electron chi connectivity index (χ3n) is 6.25. The third-order valence-corrected chi connectivity index (χ3v) is 7.57. The molecule has 0 aromatic heterocycles. The number of carbonyl (C=O) groups is 2. The van der Waals surface area contributed by atoms with Crippen molar-refractivity contribution in [2.75, 3.05) is 13.2 Å². The van der Waals surface area contributed by atoms with Crippen LogP contribution in [-0.4, -0.2) is 35.9 Å². The number of hydrogen-bond donors (Lipinski definition) is 1. The van der Waals surface area contributed by atoms with Crippen molar-refractivity contribution in [3.8, 4) is 5.75 Å². The summed E-state index contributed by atoms with van der Waals surface area (Å²) in [6.07, 6.45) is 3.01. The Morgan fingerprint density at radius 1 is 0.974 bits per heavy atom.